The van der Waals surface area contributed by atoms with E-state index in [2.05, 4.69) is 0 Å². The monoisotopic (exact) mass is 571 g/mol. The Balaban J connectivity index is -0.00000000450. The van der Waals surface area contributed by atoms with Crippen molar-refractivity contribution in [3.05, 3.63) is 0 Å². The topological polar surface area (TPSA) is 52.0 Å². The molecular formula is C2H8Br4N2Pt. The average molecular weight is 575 g/mol. The summed E-state index contributed by atoms with van der Waals surface area (Å²) in [5, 5.41) is 0. The predicted octanol–water partition coefficient (Wildman–Crippen LogP) is -13.1. The summed E-state index contributed by atoms with van der Waals surface area (Å²) in [7, 11) is 0. The van der Waals surface area contributed by atoms with Crippen molar-refractivity contribution in [2.45, 2.75) is 0 Å². The fraction of sp³-hybridized carbons (Fsp3) is 1.00. The molecule has 0 saturated carbocycles. The molecule has 0 aromatic rings. The Bertz CT molecular complexity index is 18.5. The zero-order valence-electron chi connectivity index (χ0n) is 4.40. The maximum Gasteiger partial charge on any atom is 4.00 e. The summed E-state index contributed by atoms with van der Waals surface area (Å²) in [6.45, 7) is 1.19. The zero-order chi connectivity index (χ0) is 3.41. The van der Waals surface area contributed by atoms with Crippen molar-refractivity contribution in [3.63, 3.8) is 0 Å². The van der Waals surface area contributed by atoms with E-state index < -0.39 is 0 Å². The molecule has 0 unspecified atom stereocenters. The van der Waals surface area contributed by atoms with Crippen LogP contribution >= 0.6 is 0 Å². The van der Waals surface area contributed by atoms with E-state index in [4.69, 9.17) is 11.5 Å². The summed E-state index contributed by atoms with van der Waals surface area (Å²) < 4.78 is 0. The van der Waals surface area contributed by atoms with Gasteiger partial charge in [-0.25, -0.2) is 0 Å². The summed E-state index contributed by atoms with van der Waals surface area (Å²) in [4.78, 5) is 0. The van der Waals surface area contributed by atoms with Gasteiger partial charge in [-0.3, -0.25) is 0 Å². The van der Waals surface area contributed by atoms with E-state index in [-0.39, 0.29) is 89.0 Å². The van der Waals surface area contributed by atoms with Gasteiger partial charge in [0.2, 0.25) is 0 Å². The Hall–Kier alpha value is 2.53. The maximum atomic E-state index is 4.90. The van der Waals surface area contributed by atoms with Crippen LogP contribution in [0.5, 0.6) is 0 Å². The quantitative estimate of drug-likeness (QED) is 0.327. The Morgan fingerprint density at radius 1 is 0.667 bits per heavy atom. The molecule has 0 aliphatic carbocycles. The molecule has 0 radical (unpaired) electrons. The molecule has 0 bridgehead atoms. The molecule has 0 rings (SSSR count). The van der Waals surface area contributed by atoms with Gasteiger partial charge in [0.1, 0.15) is 0 Å². The van der Waals surface area contributed by atoms with Crippen LogP contribution in [0.1, 0.15) is 0 Å². The summed E-state index contributed by atoms with van der Waals surface area (Å²) in [6, 6.07) is 0. The van der Waals surface area contributed by atoms with Crippen molar-refractivity contribution in [2.24, 2.45) is 11.5 Å². The van der Waals surface area contributed by atoms with E-state index >= 15 is 0 Å². The van der Waals surface area contributed by atoms with Crippen LogP contribution in [-0.4, -0.2) is 13.1 Å². The first-order chi connectivity index (χ1) is 1.91. The van der Waals surface area contributed by atoms with E-state index in [1.165, 1.54) is 0 Å². The Morgan fingerprint density at radius 3 is 0.778 bits per heavy atom. The van der Waals surface area contributed by atoms with Gasteiger partial charge in [-0.05, 0) is 0 Å². The molecule has 0 aliphatic rings. The number of hydrogen-bond acceptors (Lipinski definition) is 2. The van der Waals surface area contributed by atoms with Crippen LogP contribution in [0.15, 0.2) is 0 Å². The smallest absolute Gasteiger partial charge is 1.00 e. The van der Waals surface area contributed by atoms with Crippen molar-refractivity contribution >= 4 is 0 Å². The molecule has 64 valence electrons. The molecule has 0 amide bonds. The van der Waals surface area contributed by atoms with Gasteiger partial charge in [0, 0.05) is 13.1 Å². The van der Waals surface area contributed by atoms with E-state index in [1.807, 2.05) is 0 Å². The third-order valence-corrected chi connectivity index (χ3v) is 0.167. The molecule has 0 heterocycles. The number of rotatable bonds is 1. The molecular weight excluding hydrogens is 567 g/mol. The van der Waals surface area contributed by atoms with Crippen LogP contribution in [0.4, 0.5) is 0 Å². The molecule has 0 fully saturated rings. The van der Waals surface area contributed by atoms with E-state index in [0.717, 1.165) is 0 Å². The third kappa shape index (κ3) is 61.5. The maximum absolute atomic E-state index is 4.90. The summed E-state index contributed by atoms with van der Waals surface area (Å²) in [6.07, 6.45) is 0. The first-order valence-corrected chi connectivity index (χ1v) is 1.32. The summed E-state index contributed by atoms with van der Waals surface area (Å²) >= 11 is 0. The van der Waals surface area contributed by atoms with Gasteiger partial charge in [-0.15, -0.1) is 0 Å². The molecule has 4 N–H and O–H groups in total. The van der Waals surface area contributed by atoms with Crippen LogP contribution in [0, 0.1) is 0 Å². The van der Waals surface area contributed by atoms with Crippen LogP contribution in [0.3, 0.4) is 0 Å². The van der Waals surface area contributed by atoms with Crippen LogP contribution in [-0.2, 0) is 21.1 Å². The molecule has 7 heteroatoms. The van der Waals surface area contributed by atoms with Gasteiger partial charge in [0.05, 0.1) is 0 Å². The second kappa shape index (κ2) is 46.6. The van der Waals surface area contributed by atoms with Crippen molar-refractivity contribution in [3.8, 4) is 0 Å². The van der Waals surface area contributed by atoms with Gasteiger partial charge in [-0.2, -0.15) is 0 Å². The minimum absolute atomic E-state index is 0. The fourth-order valence-electron chi connectivity index (χ4n) is 0. The second-order valence-corrected chi connectivity index (χ2v) is 0.577. The van der Waals surface area contributed by atoms with E-state index in [1.54, 1.807) is 0 Å². The SMILES string of the molecule is NCCN.[Br-].[Br-].[Br-].[Br-].[Pt+4]. The molecule has 0 aromatic carbocycles. The minimum atomic E-state index is 0. The van der Waals surface area contributed by atoms with E-state index in [9.17, 15) is 0 Å². The van der Waals surface area contributed by atoms with Gasteiger partial charge in [-0.1, -0.05) is 0 Å². The van der Waals surface area contributed by atoms with Gasteiger partial charge in [0.15, 0.2) is 0 Å². The third-order valence-electron chi connectivity index (χ3n) is 0.167. The largest absolute Gasteiger partial charge is 4.00 e. The first kappa shape index (κ1) is 41.8. The van der Waals surface area contributed by atoms with Crippen LogP contribution in [0.25, 0.3) is 0 Å². The Kier molecular flexibility index (Phi) is 217. The van der Waals surface area contributed by atoms with Gasteiger partial charge in [0.25, 0.3) is 0 Å². The second-order valence-electron chi connectivity index (χ2n) is 0.577. The summed E-state index contributed by atoms with van der Waals surface area (Å²) in [5.74, 6) is 0. The molecule has 0 aromatic heterocycles. The van der Waals surface area contributed by atoms with Crippen molar-refractivity contribution in [1.82, 2.24) is 0 Å². The molecule has 2 nitrogen and oxygen atoms in total. The van der Waals surface area contributed by atoms with Crippen LogP contribution < -0.4 is 79.4 Å². The standard InChI is InChI=1S/C2H8N2.4BrH.Pt/c3-1-2-4;;;;;/h1-4H2;4*1H;/q;;;;;+4/p-4. The number of hydrogen-bond donors (Lipinski definition) is 2. The van der Waals surface area contributed by atoms with Crippen molar-refractivity contribution in [1.29, 1.82) is 0 Å². The number of nitrogens with two attached hydrogens (primary N) is 2. The first-order valence-electron chi connectivity index (χ1n) is 1.32. The van der Waals surface area contributed by atoms with E-state index in [0.29, 0.717) is 13.1 Å². The van der Waals surface area contributed by atoms with Gasteiger partial charge < -0.3 is 79.4 Å². The zero-order valence-corrected chi connectivity index (χ0v) is 13.0. The molecule has 0 saturated heterocycles. The predicted molar refractivity (Wildman–Crippen MR) is 18.1 cm³/mol. The normalized spacial score (nSPS) is 3.33. The summed E-state index contributed by atoms with van der Waals surface area (Å²) in [5.41, 5.74) is 9.81. The Morgan fingerprint density at radius 2 is 0.778 bits per heavy atom. The van der Waals surface area contributed by atoms with Crippen LogP contribution in [0.2, 0.25) is 0 Å². The number of halogens is 4. The van der Waals surface area contributed by atoms with Crippen molar-refractivity contribution < 1.29 is 89.0 Å². The Labute approximate surface area is 112 Å². The molecule has 0 aliphatic heterocycles. The minimum Gasteiger partial charge on any atom is -1.00 e. The fourth-order valence-corrected chi connectivity index (χ4v) is 0. The molecule has 9 heavy (non-hydrogen) atoms. The van der Waals surface area contributed by atoms with Crippen molar-refractivity contribution in [2.75, 3.05) is 13.1 Å². The van der Waals surface area contributed by atoms with Gasteiger partial charge >= 0.3 is 21.1 Å². The molecule has 0 spiro atoms. The molecule has 0 atom stereocenters. The average Bonchev–Trinajstić information content (AvgIpc) is 1.37.